The largest absolute Gasteiger partial charge is 0.271 e. The van der Waals surface area contributed by atoms with Crippen molar-refractivity contribution in [3.05, 3.63) is 94.0 Å². The molecular formula is C23H21Cl2N3O3S. The van der Waals surface area contributed by atoms with Gasteiger partial charge < -0.3 is 0 Å². The second-order valence-corrected chi connectivity index (χ2v) is 9.79. The van der Waals surface area contributed by atoms with Crippen LogP contribution in [0.5, 0.6) is 0 Å². The Morgan fingerprint density at radius 1 is 0.969 bits per heavy atom. The van der Waals surface area contributed by atoms with Crippen molar-refractivity contribution < 1.29 is 13.2 Å². The number of nitrogens with one attached hydrogen (secondary N) is 1. The number of nitrogens with zero attached hydrogens (tertiary/aromatic N) is 2. The molecule has 9 heteroatoms. The van der Waals surface area contributed by atoms with Gasteiger partial charge in [-0.1, -0.05) is 71.2 Å². The molecule has 0 aliphatic rings. The van der Waals surface area contributed by atoms with E-state index in [-0.39, 0.29) is 20.6 Å². The van der Waals surface area contributed by atoms with Crippen molar-refractivity contribution in [3.8, 4) is 0 Å². The van der Waals surface area contributed by atoms with Gasteiger partial charge in [-0.25, -0.2) is 13.8 Å². The van der Waals surface area contributed by atoms with Crippen molar-refractivity contribution in [2.75, 3.05) is 10.8 Å². The topological polar surface area (TPSA) is 78.8 Å². The van der Waals surface area contributed by atoms with Crippen LogP contribution in [0.3, 0.4) is 0 Å². The summed E-state index contributed by atoms with van der Waals surface area (Å²) in [5, 5.41) is 4.59. The molecule has 0 aromatic heterocycles. The van der Waals surface area contributed by atoms with Gasteiger partial charge >= 0.3 is 0 Å². The number of halogens is 2. The second kappa shape index (κ2) is 10.2. The molecule has 0 radical (unpaired) electrons. The Hall–Kier alpha value is -2.87. The lowest BCUT2D eigenvalue weighted by Gasteiger charge is -2.24. The molecule has 166 valence electrons. The van der Waals surface area contributed by atoms with E-state index in [1.54, 1.807) is 25.1 Å². The van der Waals surface area contributed by atoms with Crippen LogP contribution in [-0.4, -0.2) is 26.6 Å². The molecular weight excluding hydrogens is 469 g/mol. The van der Waals surface area contributed by atoms with E-state index in [9.17, 15) is 13.2 Å². The zero-order chi connectivity index (χ0) is 23.3. The average Bonchev–Trinajstić information content (AvgIpc) is 2.76. The standard InChI is InChI=1S/C23H21Cl2N3O3S/c1-16-8-10-18(11-9-16)17(2)26-27-23(29)15-28(21-13-19(24)12-20(25)14-21)32(30,31)22-6-4-3-5-7-22/h3-14H,15H2,1-2H3,(H,27,29)/b26-17-. The lowest BCUT2D eigenvalue weighted by molar-refractivity contribution is -0.119. The van der Waals surface area contributed by atoms with E-state index in [1.807, 2.05) is 31.2 Å². The van der Waals surface area contributed by atoms with Gasteiger partial charge in [-0.05, 0) is 49.7 Å². The third-order valence-electron chi connectivity index (χ3n) is 4.57. The Kier molecular flexibility index (Phi) is 7.56. The summed E-state index contributed by atoms with van der Waals surface area (Å²) in [4.78, 5) is 12.7. The number of aryl methyl sites for hydroxylation is 1. The fourth-order valence-electron chi connectivity index (χ4n) is 2.89. The molecule has 0 atom stereocenters. The van der Waals surface area contributed by atoms with Crippen LogP contribution in [0, 0.1) is 6.92 Å². The molecule has 32 heavy (non-hydrogen) atoms. The van der Waals surface area contributed by atoms with E-state index in [0.717, 1.165) is 15.4 Å². The smallest absolute Gasteiger partial charge is 0.264 e. The highest BCUT2D eigenvalue weighted by molar-refractivity contribution is 7.92. The van der Waals surface area contributed by atoms with Crippen molar-refractivity contribution >= 4 is 50.5 Å². The summed E-state index contributed by atoms with van der Waals surface area (Å²) in [6, 6.07) is 19.8. The summed E-state index contributed by atoms with van der Waals surface area (Å²) < 4.78 is 27.6. The van der Waals surface area contributed by atoms with Gasteiger partial charge in [0.05, 0.1) is 16.3 Å². The first kappa shape index (κ1) is 23.8. The van der Waals surface area contributed by atoms with E-state index < -0.39 is 22.5 Å². The third-order valence-corrected chi connectivity index (χ3v) is 6.80. The molecule has 0 bridgehead atoms. The Balaban J connectivity index is 1.89. The Morgan fingerprint density at radius 2 is 1.56 bits per heavy atom. The highest BCUT2D eigenvalue weighted by atomic mass is 35.5. The number of anilines is 1. The molecule has 3 rings (SSSR count). The summed E-state index contributed by atoms with van der Waals surface area (Å²) in [5.74, 6) is -0.618. The van der Waals surface area contributed by atoms with Gasteiger partial charge in [0.2, 0.25) is 0 Å². The van der Waals surface area contributed by atoms with Crippen LogP contribution in [-0.2, 0) is 14.8 Å². The minimum Gasteiger partial charge on any atom is -0.271 e. The second-order valence-electron chi connectivity index (χ2n) is 7.05. The molecule has 0 heterocycles. The fourth-order valence-corrected chi connectivity index (χ4v) is 4.83. The minimum absolute atomic E-state index is 0.0308. The maximum Gasteiger partial charge on any atom is 0.264 e. The highest BCUT2D eigenvalue weighted by Gasteiger charge is 2.27. The Labute approximate surface area is 197 Å². The molecule has 0 unspecified atom stereocenters. The molecule has 6 nitrogen and oxygen atoms in total. The lowest BCUT2D eigenvalue weighted by Crippen LogP contribution is -2.39. The lowest BCUT2D eigenvalue weighted by atomic mass is 10.1. The van der Waals surface area contributed by atoms with Gasteiger partial charge in [-0.2, -0.15) is 5.10 Å². The molecule has 3 aromatic carbocycles. The summed E-state index contributed by atoms with van der Waals surface area (Å²) in [7, 11) is -4.07. The molecule has 0 fully saturated rings. The maximum atomic E-state index is 13.3. The highest BCUT2D eigenvalue weighted by Crippen LogP contribution is 2.29. The number of hydrazone groups is 1. The fraction of sp³-hybridized carbons (Fsp3) is 0.130. The molecule has 3 aromatic rings. The summed E-state index contributed by atoms with van der Waals surface area (Å²) >= 11 is 12.2. The first-order valence-corrected chi connectivity index (χ1v) is 11.8. The summed E-state index contributed by atoms with van der Waals surface area (Å²) in [6.45, 7) is 3.21. The number of amides is 1. The summed E-state index contributed by atoms with van der Waals surface area (Å²) in [5.41, 5.74) is 5.12. The molecule has 0 aliphatic heterocycles. The van der Waals surface area contributed by atoms with E-state index in [1.165, 1.54) is 30.3 Å². The molecule has 1 amide bonds. The predicted molar refractivity (Wildman–Crippen MR) is 129 cm³/mol. The van der Waals surface area contributed by atoms with Crippen molar-refractivity contribution in [2.24, 2.45) is 5.10 Å². The number of sulfonamides is 1. The van der Waals surface area contributed by atoms with Crippen molar-refractivity contribution in [3.63, 3.8) is 0 Å². The minimum atomic E-state index is -4.07. The monoisotopic (exact) mass is 489 g/mol. The van der Waals surface area contributed by atoms with Crippen molar-refractivity contribution in [1.29, 1.82) is 0 Å². The molecule has 1 N–H and O–H groups in total. The number of rotatable bonds is 7. The zero-order valence-electron chi connectivity index (χ0n) is 17.4. The van der Waals surface area contributed by atoms with Crippen LogP contribution >= 0.6 is 23.2 Å². The van der Waals surface area contributed by atoms with E-state index >= 15 is 0 Å². The van der Waals surface area contributed by atoms with Gasteiger partial charge in [0.15, 0.2) is 0 Å². The average molecular weight is 490 g/mol. The van der Waals surface area contributed by atoms with Crippen LogP contribution in [0.15, 0.2) is 82.8 Å². The zero-order valence-corrected chi connectivity index (χ0v) is 19.7. The van der Waals surface area contributed by atoms with Gasteiger partial charge in [0, 0.05) is 10.0 Å². The van der Waals surface area contributed by atoms with Gasteiger partial charge in [0.1, 0.15) is 6.54 Å². The molecule has 0 spiro atoms. The van der Waals surface area contributed by atoms with Crippen LogP contribution in [0.25, 0.3) is 0 Å². The number of carbonyl (C=O) groups is 1. The Morgan fingerprint density at radius 3 is 2.16 bits per heavy atom. The van der Waals surface area contributed by atoms with Gasteiger partial charge in [-0.15, -0.1) is 0 Å². The number of benzene rings is 3. The van der Waals surface area contributed by atoms with Crippen LogP contribution in [0.4, 0.5) is 5.69 Å². The maximum absolute atomic E-state index is 13.3. The van der Waals surface area contributed by atoms with Crippen LogP contribution < -0.4 is 9.73 Å². The Bertz CT molecular complexity index is 1220. The SMILES string of the molecule is C/C(=N/NC(=O)CN(c1cc(Cl)cc(Cl)c1)S(=O)(=O)c1ccccc1)c1ccc(C)cc1. The number of hydrogen-bond acceptors (Lipinski definition) is 4. The van der Waals surface area contributed by atoms with Gasteiger partial charge in [0.25, 0.3) is 15.9 Å². The van der Waals surface area contributed by atoms with Crippen molar-refractivity contribution in [2.45, 2.75) is 18.7 Å². The van der Waals surface area contributed by atoms with E-state index in [4.69, 9.17) is 23.2 Å². The first-order valence-electron chi connectivity index (χ1n) is 9.61. The molecule has 0 aliphatic carbocycles. The number of hydrogen-bond donors (Lipinski definition) is 1. The van der Waals surface area contributed by atoms with Crippen LogP contribution in [0.1, 0.15) is 18.1 Å². The van der Waals surface area contributed by atoms with Crippen LogP contribution in [0.2, 0.25) is 10.0 Å². The third kappa shape index (κ3) is 5.88. The number of carbonyl (C=O) groups excluding carboxylic acids is 1. The van der Waals surface area contributed by atoms with Crippen molar-refractivity contribution in [1.82, 2.24) is 5.43 Å². The molecule has 0 saturated carbocycles. The van der Waals surface area contributed by atoms with E-state index in [2.05, 4.69) is 10.5 Å². The first-order chi connectivity index (χ1) is 15.2. The normalized spacial score (nSPS) is 11.8. The van der Waals surface area contributed by atoms with Gasteiger partial charge in [-0.3, -0.25) is 9.10 Å². The van der Waals surface area contributed by atoms with E-state index in [0.29, 0.717) is 5.71 Å². The quantitative estimate of drug-likeness (QED) is 0.373. The predicted octanol–water partition coefficient (Wildman–Crippen LogP) is 5.04. The molecule has 0 saturated heterocycles. The summed E-state index contributed by atoms with van der Waals surface area (Å²) in [6.07, 6.45) is 0.